The molecule has 2 rings (SSSR count). The van der Waals surface area contributed by atoms with Gasteiger partial charge in [-0.1, -0.05) is 35.3 Å². The quantitative estimate of drug-likeness (QED) is 0.634. The van der Waals surface area contributed by atoms with Gasteiger partial charge in [-0.15, -0.1) is 0 Å². The molecule has 1 aliphatic heterocycles. The molecular formula is C14H14Cl2O4. The second-order valence-electron chi connectivity index (χ2n) is 4.34. The molecule has 1 aromatic carbocycles. The summed E-state index contributed by atoms with van der Waals surface area (Å²) in [5, 5.41) is 0.764. The fourth-order valence-electron chi connectivity index (χ4n) is 1.94. The SMILES string of the molecule is COC(=O)C(=Cc1cccc(Cl)c1Cl)C1(C)OCCO1. The van der Waals surface area contributed by atoms with Gasteiger partial charge in [-0.25, -0.2) is 4.79 Å². The summed E-state index contributed by atoms with van der Waals surface area (Å²) in [5.74, 6) is -1.68. The fraction of sp³-hybridized carbons (Fsp3) is 0.357. The second kappa shape index (κ2) is 6.14. The first kappa shape index (κ1) is 15.3. The highest BCUT2D eigenvalue weighted by molar-refractivity contribution is 6.42. The molecule has 1 aliphatic rings. The van der Waals surface area contributed by atoms with Gasteiger partial charge in [0.2, 0.25) is 0 Å². The van der Waals surface area contributed by atoms with Gasteiger partial charge in [0.05, 0.1) is 35.9 Å². The molecular weight excluding hydrogens is 303 g/mol. The van der Waals surface area contributed by atoms with Crippen LogP contribution in [0.3, 0.4) is 0 Å². The van der Waals surface area contributed by atoms with Gasteiger partial charge in [0.25, 0.3) is 0 Å². The standard InChI is InChI=1S/C14H14Cl2O4/c1-14(19-6-7-20-14)10(13(17)18-2)8-9-4-3-5-11(15)12(9)16/h3-5,8H,6-7H2,1-2H3. The van der Waals surface area contributed by atoms with Crippen molar-refractivity contribution in [3.05, 3.63) is 39.4 Å². The Labute approximate surface area is 127 Å². The monoisotopic (exact) mass is 316 g/mol. The number of halogens is 2. The van der Waals surface area contributed by atoms with Crippen LogP contribution in [0.1, 0.15) is 12.5 Å². The van der Waals surface area contributed by atoms with Gasteiger partial charge < -0.3 is 14.2 Å². The highest BCUT2D eigenvalue weighted by atomic mass is 35.5. The van der Waals surface area contributed by atoms with Crippen molar-refractivity contribution in [3.8, 4) is 0 Å². The Morgan fingerprint density at radius 1 is 1.35 bits per heavy atom. The highest BCUT2D eigenvalue weighted by Crippen LogP contribution is 2.33. The van der Waals surface area contributed by atoms with Gasteiger partial charge in [-0.3, -0.25) is 0 Å². The summed E-state index contributed by atoms with van der Waals surface area (Å²) in [6.07, 6.45) is 1.57. The van der Waals surface area contributed by atoms with Crippen LogP contribution < -0.4 is 0 Å². The summed E-state index contributed by atoms with van der Waals surface area (Å²) in [6.45, 7) is 2.49. The van der Waals surface area contributed by atoms with Crippen LogP contribution in [0.15, 0.2) is 23.8 Å². The number of esters is 1. The minimum atomic E-state index is -1.14. The molecule has 0 N–H and O–H groups in total. The molecule has 1 saturated heterocycles. The highest BCUT2D eigenvalue weighted by Gasteiger charge is 2.40. The van der Waals surface area contributed by atoms with Crippen LogP contribution in [0.5, 0.6) is 0 Å². The number of hydrogen-bond acceptors (Lipinski definition) is 4. The lowest BCUT2D eigenvalue weighted by atomic mass is 10.0. The third-order valence-corrected chi connectivity index (χ3v) is 3.85. The predicted octanol–water partition coefficient (Wildman–Crippen LogP) is 3.31. The van der Waals surface area contributed by atoms with Crippen molar-refractivity contribution < 1.29 is 19.0 Å². The molecule has 108 valence electrons. The van der Waals surface area contributed by atoms with E-state index < -0.39 is 11.8 Å². The van der Waals surface area contributed by atoms with Crippen molar-refractivity contribution in [2.24, 2.45) is 0 Å². The Morgan fingerprint density at radius 3 is 2.60 bits per heavy atom. The molecule has 1 aromatic rings. The van der Waals surface area contributed by atoms with Crippen LogP contribution in [-0.4, -0.2) is 32.1 Å². The molecule has 0 bridgehead atoms. The van der Waals surface area contributed by atoms with Crippen LogP contribution in [-0.2, 0) is 19.0 Å². The predicted molar refractivity (Wildman–Crippen MR) is 76.8 cm³/mol. The molecule has 1 heterocycles. The van der Waals surface area contributed by atoms with E-state index in [0.717, 1.165) is 0 Å². The number of ether oxygens (including phenoxy) is 3. The number of carbonyl (C=O) groups is 1. The summed E-state index contributed by atoms with van der Waals surface area (Å²) in [7, 11) is 1.30. The zero-order chi connectivity index (χ0) is 14.8. The zero-order valence-electron chi connectivity index (χ0n) is 11.1. The Hall–Kier alpha value is -1.07. The third-order valence-electron chi connectivity index (χ3n) is 3.01. The summed E-state index contributed by atoms with van der Waals surface area (Å²) in [6, 6.07) is 5.16. The second-order valence-corrected chi connectivity index (χ2v) is 5.12. The maximum atomic E-state index is 12.0. The summed E-state index contributed by atoms with van der Waals surface area (Å²) < 4.78 is 15.8. The number of hydrogen-bond donors (Lipinski definition) is 0. The topological polar surface area (TPSA) is 44.8 Å². The molecule has 4 nitrogen and oxygen atoms in total. The largest absolute Gasteiger partial charge is 0.466 e. The Bertz CT molecular complexity index is 548. The maximum absolute atomic E-state index is 12.0. The molecule has 0 aromatic heterocycles. The van der Waals surface area contributed by atoms with E-state index in [4.69, 9.17) is 37.4 Å². The number of rotatable bonds is 3. The van der Waals surface area contributed by atoms with Crippen LogP contribution in [0.25, 0.3) is 6.08 Å². The molecule has 0 saturated carbocycles. The third kappa shape index (κ3) is 2.99. The van der Waals surface area contributed by atoms with Crippen molar-refractivity contribution in [1.82, 2.24) is 0 Å². The van der Waals surface area contributed by atoms with E-state index in [-0.39, 0.29) is 5.57 Å². The summed E-state index contributed by atoms with van der Waals surface area (Å²) in [4.78, 5) is 12.0. The maximum Gasteiger partial charge on any atom is 0.339 e. The number of methoxy groups -OCH3 is 1. The normalized spacial score (nSPS) is 18.1. The first-order valence-electron chi connectivity index (χ1n) is 6.00. The Morgan fingerprint density at radius 2 is 2.00 bits per heavy atom. The Kier molecular flexibility index (Phi) is 4.70. The van der Waals surface area contributed by atoms with Gasteiger partial charge in [-0.05, 0) is 24.6 Å². The van der Waals surface area contributed by atoms with Crippen molar-refractivity contribution in [3.63, 3.8) is 0 Å². The van der Waals surface area contributed by atoms with Crippen molar-refractivity contribution in [2.75, 3.05) is 20.3 Å². The van der Waals surface area contributed by atoms with E-state index >= 15 is 0 Å². The van der Waals surface area contributed by atoms with Crippen LogP contribution in [0.2, 0.25) is 10.0 Å². The minimum absolute atomic E-state index is 0.238. The lowest BCUT2D eigenvalue weighted by Gasteiger charge is -2.24. The van der Waals surface area contributed by atoms with E-state index in [2.05, 4.69) is 0 Å². The molecule has 20 heavy (non-hydrogen) atoms. The molecule has 0 aliphatic carbocycles. The lowest BCUT2D eigenvalue weighted by molar-refractivity contribution is -0.150. The van der Waals surface area contributed by atoms with Crippen molar-refractivity contribution >= 4 is 35.2 Å². The number of carbonyl (C=O) groups excluding carboxylic acids is 1. The Balaban J connectivity index is 2.48. The van der Waals surface area contributed by atoms with Crippen LogP contribution >= 0.6 is 23.2 Å². The molecule has 0 amide bonds. The smallest absolute Gasteiger partial charge is 0.339 e. The molecule has 0 spiro atoms. The van der Waals surface area contributed by atoms with E-state index in [9.17, 15) is 4.79 Å². The number of benzene rings is 1. The summed E-state index contributed by atoms with van der Waals surface area (Å²) >= 11 is 12.1. The van der Waals surface area contributed by atoms with E-state index in [1.165, 1.54) is 7.11 Å². The van der Waals surface area contributed by atoms with Gasteiger partial charge in [0.1, 0.15) is 0 Å². The van der Waals surface area contributed by atoms with Gasteiger partial charge in [0.15, 0.2) is 5.79 Å². The minimum Gasteiger partial charge on any atom is -0.466 e. The van der Waals surface area contributed by atoms with Gasteiger partial charge >= 0.3 is 5.97 Å². The molecule has 1 fully saturated rings. The average molecular weight is 317 g/mol. The first-order chi connectivity index (χ1) is 9.48. The lowest BCUT2D eigenvalue weighted by Crippen LogP contribution is -2.33. The molecule has 0 unspecified atom stereocenters. The van der Waals surface area contributed by atoms with Crippen molar-refractivity contribution in [2.45, 2.75) is 12.7 Å². The first-order valence-corrected chi connectivity index (χ1v) is 6.76. The van der Waals surface area contributed by atoms with Crippen LogP contribution in [0.4, 0.5) is 0 Å². The molecule has 0 radical (unpaired) electrons. The molecule has 6 heteroatoms. The van der Waals surface area contributed by atoms with Crippen LogP contribution in [0, 0.1) is 0 Å². The fourth-order valence-corrected chi connectivity index (χ4v) is 2.31. The summed E-state index contributed by atoms with van der Waals surface area (Å²) in [5.41, 5.74) is 0.835. The molecule has 0 atom stereocenters. The average Bonchev–Trinajstić information content (AvgIpc) is 2.87. The van der Waals surface area contributed by atoms with Gasteiger partial charge in [-0.2, -0.15) is 0 Å². The van der Waals surface area contributed by atoms with E-state index in [1.807, 2.05) is 0 Å². The van der Waals surface area contributed by atoms with Crippen molar-refractivity contribution in [1.29, 1.82) is 0 Å². The van der Waals surface area contributed by atoms with Gasteiger partial charge in [0, 0.05) is 0 Å². The van der Waals surface area contributed by atoms with E-state index in [1.54, 1.807) is 31.2 Å². The zero-order valence-corrected chi connectivity index (χ0v) is 12.6. The van der Waals surface area contributed by atoms with E-state index in [0.29, 0.717) is 28.8 Å².